The fourth-order valence-electron chi connectivity index (χ4n) is 2.34. The van der Waals surface area contributed by atoms with Crippen molar-refractivity contribution in [2.45, 2.75) is 13.3 Å². The Kier molecular flexibility index (Phi) is 3.98. The normalized spacial score (nSPS) is 20.1. The molecule has 1 fully saturated rings. The Balaban J connectivity index is 2.23. The van der Waals surface area contributed by atoms with Gasteiger partial charge in [0.25, 0.3) is 0 Å². The number of carbonyl (C=O) groups excluding carboxylic acids is 1. The van der Waals surface area contributed by atoms with Crippen molar-refractivity contribution in [2.75, 3.05) is 17.2 Å². The second-order valence-electron chi connectivity index (χ2n) is 4.79. The number of amides is 1. The van der Waals surface area contributed by atoms with E-state index in [1.165, 1.54) is 0 Å². The van der Waals surface area contributed by atoms with E-state index in [-0.39, 0.29) is 24.0 Å². The van der Waals surface area contributed by atoms with Crippen LogP contribution < -0.4 is 10.0 Å². The van der Waals surface area contributed by atoms with E-state index in [4.69, 9.17) is 5.14 Å². The highest BCUT2D eigenvalue weighted by Crippen LogP contribution is 2.31. The molecule has 1 aliphatic heterocycles. The zero-order valence-electron chi connectivity index (χ0n) is 10.5. The van der Waals surface area contributed by atoms with Crippen LogP contribution in [0.25, 0.3) is 0 Å². The quantitative estimate of drug-likeness (QED) is 0.898. The standard InChI is InChI=1S/C12H15BrN2O3S/c1-8-10(13)3-2-4-11(8)15-6-9(5-12(15)16)7-19(14,17)18/h2-4,9H,5-7H2,1H3,(H2,14,17,18). The molecule has 1 aromatic rings. The Labute approximate surface area is 121 Å². The summed E-state index contributed by atoms with van der Waals surface area (Å²) in [5, 5.41) is 5.03. The van der Waals surface area contributed by atoms with Crippen molar-refractivity contribution < 1.29 is 13.2 Å². The summed E-state index contributed by atoms with van der Waals surface area (Å²) in [6.07, 6.45) is 0.225. The summed E-state index contributed by atoms with van der Waals surface area (Å²) in [4.78, 5) is 13.6. The Morgan fingerprint density at radius 2 is 2.16 bits per heavy atom. The van der Waals surface area contributed by atoms with Gasteiger partial charge < -0.3 is 4.90 Å². The Morgan fingerprint density at radius 3 is 2.79 bits per heavy atom. The summed E-state index contributed by atoms with van der Waals surface area (Å²) in [6.45, 7) is 2.31. The number of sulfonamides is 1. The average molecular weight is 347 g/mol. The van der Waals surface area contributed by atoms with Crippen molar-refractivity contribution in [2.24, 2.45) is 11.1 Å². The summed E-state index contributed by atoms with van der Waals surface area (Å²) in [5.41, 5.74) is 1.78. The molecule has 2 N–H and O–H groups in total. The maximum absolute atomic E-state index is 12.0. The van der Waals surface area contributed by atoms with E-state index >= 15 is 0 Å². The first kappa shape index (κ1) is 14.5. The number of benzene rings is 1. The lowest BCUT2D eigenvalue weighted by Crippen LogP contribution is -2.28. The molecule has 0 aromatic heterocycles. The molecular formula is C12H15BrN2O3S. The molecule has 1 saturated heterocycles. The third-order valence-electron chi connectivity index (χ3n) is 3.20. The predicted octanol–water partition coefficient (Wildman–Crippen LogP) is 1.40. The van der Waals surface area contributed by atoms with E-state index in [2.05, 4.69) is 15.9 Å². The van der Waals surface area contributed by atoms with Crippen LogP contribution in [0.2, 0.25) is 0 Å². The van der Waals surface area contributed by atoms with Crippen molar-refractivity contribution in [3.63, 3.8) is 0 Å². The van der Waals surface area contributed by atoms with Gasteiger partial charge in [-0.2, -0.15) is 0 Å². The van der Waals surface area contributed by atoms with Gasteiger partial charge >= 0.3 is 0 Å². The van der Waals surface area contributed by atoms with Gasteiger partial charge in [0, 0.05) is 29.0 Å². The molecule has 1 aromatic carbocycles. The van der Waals surface area contributed by atoms with Gasteiger partial charge in [-0.3, -0.25) is 4.79 Å². The van der Waals surface area contributed by atoms with Gasteiger partial charge in [0.1, 0.15) is 0 Å². The van der Waals surface area contributed by atoms with Gasteiger partial charge in [0.05, 0.1) is 5.75 Å². The number of hydrogen-bond donors (Lipinski definition) is 1. The number of nitrogens with two attached hydrogens (primary N) is 1. The third kappa shape index (κ3) is 3.34. The van der Waals surface area contributed by atoms with E-state index in [1.807, 2.05) is 25.1 Å². The predicted molar refractivity (Wildman–Crippen MR) is 77.3 cm³/mol. The minimum Gasteiger partial charge on any atom is -0.312 e. The van der Waals surface area contributed by atoms with Crippen molar-refractivity contribution in [3.05, 3.63) is 28.2 Å². The molecule has 19 heavy (non-hydrogen) atoms. The molecule has 0 bridgehead atoms. The maximum atomic E-state index is 12.0. The van der Waals surface area contributed by atoms with Crippen LogP contribution in [0.15, 0.2) is 22.7 Å². The lowest BCUT2D eigenvalue weighted by atomic mass is 10.1. The molecule has 0 spiro atoms. The van der Waals surface area contributed by atoms with Crippen LogP contribution in [0.1, 0.15) is 12.0 Å². The monoisotopic (exact) mass is 346 g/mol. The highest BCUT2D eigenvalue weighted by molar-refractivity contribution is 9.10. The van der Waals surface area contributed by atoms with Crippen LogP contribution in [-0.2, 0) is 14.8 Å². The fraction of sp³-hybridized carbons (Fsp3) is 0.417. The number of rotatable bonds is 3. The van der Waals surface area contributed by atoms with Gasteiger partial charge in [0.2, 0.25) is 15.9 Å². The molecule has 0 radical (unpaired) electrons. The average Bonchev–Trinajstić information content (AvgIpc) is 2.61. The zero-order chi connectivity index (χ0) is 14.2. The van der Waals surface area contributed by atoms with Gasteiger partial charge in [-0.05, 0) is 24.6 Å². The number of halogens is 1. The summed E-state index contributed by atoms with van der Waals surface area (Å²) in [5.74, 6) is -0.446. The summed E-state index contributed by atoms with van der Waals surface area (Å²) in [7, 11) is -3.54. The molecule has 0 aliphatic carbocycles. The minimum absolute atomic E-state index is 0.0603. The minimum atomic E-state index is -3.54. The highest BCUT2D eigenvalue weighted by Gasteiger charge is 2.33. The number of nitrogens with zero attached hydrogens (tertiary/aromatic N) is 1. The van der Waals surface area contributed by atoms with Gasteiger partial charge in [-0.15, -0.1) is 0 Å². The summed E-state index contributed by atoms with van der Waals surface area (Å²) in [6, 6.07) is 5.62. The van der Waals surface area contributed by atoms with Gasteiger partial charge in [-0.1, -0.05) is 22.0 Å². The Morgan fingerprint density at radius 1 is 1.47 bits per heavy atom. The molecule has 1 aliphatic rings. The van der Waals surface area contributed by atoms with Crippen molar-refractivity contribution >= 4 is 37.5 Å². The third-order valence-corrected chi connectivity index (χ3v) is 5.00. The molecule has 1 unspecified atom stereocenters. The maximum Gasteiger partial charge on any atom is 0.227 e. The van der Waals surface area contributed by atoms with Gasteiger partial charge in [-0.25, -0.2) is 13.6 Å². The molecule has 104 valence electrons. The van der Waals surface area contributed by atoms with Crippen molar-refractivity contribution in [3.8, 4) is 0 Å². The number of hydrogen-bond acceptors (Lipinski definition) is 3. The first-order chi connectivity index (χ1) is 8.78. The molecule has 5 nitrogen and oxygen atoms in total. The topological polar surface area (TPSA) is 80.5 Å². The first-order valence-electron chi connectivity index (χ1n) is 5.84. The molecule has 1 amide bonds. The van der Waals surface area contributed by atoms with Crippen LogP contribution in [0.5, 0.6) is 0 Å². The van der Waals surface area contributed by atoms with Crippen LogP contribution in [0.3, 0.4) is 0 Å². The van der Waals surface area contributed by atoms with Crippen molar-refractivity contribution in [1.29, 1.82) is 0 Å². The van der Waals surface area contributed by atoms with Crippen LogP contribution in [0.4, 0.5) is 5.69 Å². The van der Waals surface area contributed by atoms with Gasteiger partial charge in [0.15, 0.2) is 0 Å². The summed E-state index contributed by atoms with van der Waals surface area (Å²) >= 11 is 3.42. The Bertz CT molecular complexity index is 615. The molecule has 7 heteroatoms. The van der Waals surface area contributed by atoms with E-state index in [9.17, 15) is 13.2 Å². The largest absolute Gasteiger partial charge is 0.312 e. The molecule has 2 rings (SSSR count). The van der Waals surface area contributed by atoms with E-state index < -0.39 is 10.0 Å². The van der Waals surface area contributed by atoms with E-state index in [1.54, 1.807) is 4.90 Å². The van der Waals surface area contributed by atoms with E-state index in [0.717, 1.165) is 15.7 Å². The number of primary sulfonamides is 1. The highest BCUT2D eigenvalue weighted by atomic mass is 79.9. The Hall–Kier alpha value is -0.920. The lowest BCUT2D eigenvalue weighted by molar-refractivity contribution is -0.117. The molecule has 1 atom stereocenters. The van der Waals surface area contributed by atoms with Crippen molar-refractivity contribution in [1.82, 2.24) is 0 Å². The first-order valence-corrected chi connectivity index (χ1v) is 8.34. The van der Waals surface area contributed by atoms with Crippen LogP contribution in [0, 0.1) is 12.8 Å². The summed E-state index contributed by atoms with van der Waals surface area (Å²) < 4.78 is 23.1. The number of carbonyl (C=O) groups is 1. The molecule has 0 saturated carbocycles. The SMILES string of the molecule is Cc1c(Br)cccc1N1CC(CS(N)(=O)=O)CC1=O. The van der Waals surface area contributed by atoms with Crippen LogP contribution in [-0.4, -0.2) is 26.6 Å². The molecular weight excluding hydrogens is 332 g/mol. The second-order valence-corrected chi connectivity index (χ2v) is 7.30. The van der Waals surface area contributed by atoms with E-state index in [0.29, 0.717) is 6.54 Å². The zero-order valence-corrected chi connectivity index (χ0v) is 12.9. The van der Waals surface area contributed by atoms with Crippen LogP contribution >= 0.6 is 15.9 Å². The second kappa shape index (κ2) is 5.22. The lowest BCUT2D eigenvalue weighted by Gasteiger charge is -2.19. The smallest absolute Gasteiger partial charge is 0.227 e. The molecule has 1 heterocycles. The number of anilines is 1. The fourth-order valence-corrected chi connectivity index (χ4v) is 3.58.